The second kappa shape index (κ2) is 8.86. The summed E-state index contributed by atoms with van der Waals surface area (Å²) in [6.45, 7) is 12.8. The third kappa shape index (κ3) is 4.64. The number of nitrogens with zero attached hydrogens (tertiary/aromatic N) is 3. The molecule has 0 unspecified atom stereocenters. The Morgan fingerprint density at radius 2 is 1.92 bits per heavy atom. The highest BCUT2D eigenvalue weighted by molar-refractivity contribution is 5.95. The molecule has 0 aliphatic carbocycles. The molecule has 142 valence electrons. The van der Waals surface area contributed by atoms with E-state index in [2.05, 4.69) is 44.7 Å². The molecule has 1 aromatic rings. The summed E-state index contributed by atoms with van der Waals surface area (Å²) in [6, 6.07) is 2.40. The number of carbonyl (C=O) groups excluding carboxylic acids is 1. The molecule has 5 nitrogen and oxygen atoms in total. The molecule has 2 rings (SSSR count). The summed E-state index contributed by atoms with van der Waals surface area (Å²) in [7, 11) is 4.24. The van der Waals surface area contributed by atoms with E-state index < -0.39 is 0 Å². The van der Waals surface area contributed by atoms with Crippen molar-refractivity contribution in [1.82, 2.24) is 14.7 Å². The van der Waals surface area contributed by atoms with E-state index in [0.29, 0.717) is 12.0 Å². The lowest BCUT2D eigenvalue weighted by Crippen LogP contribution is -2.36. The third-order valence-electron chi connectivity index (χ3n) is 5.49. The molecule has 1 fully saturated rings. The molecule has 1 saturated heterocycles. The first-order valence-corrected chi connectivity index (χ1v) is 9.68. The fourth-order valence-corrected chi connectivity index (χ4v) is 3.93. The van der Waals surface area contributed by atoms with E-state index in [1.54, 1.807) is 0 Å². The molecule has 2 heterocycles. The number of furan rings is 1. The highest BCUT2D eigenvalue weighted by atomic mass is 16.3. The summed E-state index contributed by atoms with van der Waals surface area (Å²) in [4.78, 5) is 19.6. The molecular formula is C20H35N3O2. The fourth-order valence-electron chi connectivity index (χ4n) is 3.93. The summed E-state index contributed by atoms with van der Waals surface area (Å²) in [6.07, 6.45) is 2.33. The molecule has 0 N–H and O–H groups in total. The van der Waals surface area contributed by atoms with Crippen LogP contribution in [0.25, 0.3) is 0 Å². The normalized spacial score (nSPS) is 20.9. The zero-order valence-corrected chi connectivity index (χ0v) is 16.8. The van der Waals surface area contributed by atoms with Crippen molar-refractivity contribution in [2.45, 2.75) is 53.1 Å². The smallest absolute Gasteiger partial charge is 0.257 e. The molecule has 1 amide bonds. The van der Waals surface area contributed by atoms with Crippen molar-refractivity contribution in [2.75, 3.05) is 40.3 Å². The van der Waals surface area contributed by atoms with Crippen LogP contribution in [0.1, 0.15) is 55.5 Å². The molecule has 0 saturated carbocycles. The van der Waals surface area contributed by atoms with Crippen LogP contribution in [0.2, 0.25) is 0 Å². The maximum absolute atomic E-state index is 13.1. The van der Waals surface area contributed by atoms with Gasteiger partial charge in [-0.25, -0.2) is 0 Å². The van der Waals surface area contributed by atoms with Gasteiger partial charge in [0, 0.05) is 19.1 Å². The largest absolute Gasteiger partial charge is 0.464 e. The standard InChI is InChI=1S/C20H35N3O2/c1-7-10-16-12-23(14-19(16)21(5)6)20(24)18-11-17(25-15(18)4)13-22(8-2)9-3/h11,16,19H,7-10,12-14H2,1-6H3/t16-,19-/m1/s1. The maximum Gasteiger partial charge on any atom is 0.257 e. The first kappa shape index (κ1) is 20.0. The number of carbonyl (C=O) groups is 1. The number of hydrogen-bond donors (Lipinski definition) is 0. The molecule has 0 spiro atoms. The topological polar surface area (TPSA) is 39.9 Å². The Bertz CT molecular complexity index is 563. The molecule has 0 radical (unpaired) electrons. The Morgan fingerprint density at radius 1 is 1.24 bits per heavy atom. The zero-order valence-electron chi connectivity index (χ0n) is 16.8. The number of likely N-dealkylation sites (N-methyl/N-ethyl adjacent to an activating group) is 1. The lowest BCUT2D eigenvalue weighted by atomic mass is 9.98. The number of aryl methyl sites for hydroxylation is 1. The van der Waals surface area contributed by atoms with E-state index >= 15 is 0 Å². The van der Waals surface area contributed by atoms with Gasteiger partial charge in [-0.15, -0.1) is 0 Å². The van der Waals surface area contributed by atoms with E-state index in [0.717, 1.165) is 56.2 Å². The van der Waals surface area contributed by atoms with E-state index in [9.17, 15) is 4.79 Å². The molecule has 1 aliphatic rings. The summed E-state index contributed by atoms with van der Waals surface area (Å²) < 4.78 is 5.88. The van der Waals surface area contributed by atoms with Gasteiger partial charge in [-0.2, -0.15) is 0 Å². The van der Waals surface area contributed by atoms with Crippen molar-refractivity contribution in [3.05, 3.63) is 23.2 Å². The minimum atomic E-state index is 0.123. The summed E-state index contributed by atoms with van der Waals surface area (Å²) >= 11 is 0. The van der Waals surface area contributed by atoms with E-state index in [1.807, 2.05) is 17.9 Å². The monoisotopic (exact) mass is 349 g/mol. The van der Waals surface area contributed by atoms with E-state index in [1.165, 1.54) is 6.42 Å². The predicted octanol–water partition coefficient (Wildman–Crippen LogP) is 3.23. The van der Waals surface area contributed by atoms with Crippen LogP contribution in [0.3, 0.4) is 0 Å². The number of amides is 1. The van der Waals surface area contributed by atoms with Crippen LogP contribution >= 0.6 is 0 Å². The molecule has 1 aliphatic heterocycles. The minimum Gasteiger partial charge on any atom is -0.464 e. The van der Waals surface area contributed by atoms with Crippen molar-refractivity contribution in [1.29, 1.82) is 0 Å². The van der Waals surface area contributed by atoms with Crippen molar-refractivity contribution < 1.29 is 9.21 Å². The van der Waals surface area contributed by atoms with Gasteiger partial charge in [-0.05, 0) is 52.5 Å². The van der Waals surface area contributed by atoms with Crippen LogP contribution in [0, 0.1) is 12.8 Å². The summed E-state index contributed by atoms with van der Waals surface area (Å²) in [5.74, 6) is 2.31. The van der Waals surface area contributed by atoms with E-state index in [-0.39, 0.29) is 5.91 Å². The minimum absolute atomic E-state index is 0.123. The summed E-state index contributed by atoms with van der Waals surface area (Å²) in [5.41, 5.74) is 0.733. The quantitative estimate of drug-likeness (QED) is 0.722. The molecule has 0 aromatic carbocycles. The van der Waals surface area contributed by atoms with Gasteiger partial charge in [-0.1, -0.05) is 27.2 Å². The second-order valence-electron chi connectivity index (χ2n) is 7.43. The van der Waals surface area contributed by atoms with Gasteiger partial charge < -0.3 is 14.2 Å². The average molecular weight is 350 g/mol. The van der Waals surface area contributed by atoms with Crippen LogP contribution < -0.4 is 0 Å². The van der Waals surface area contributed by atoms with Crippen LogP contribution in [-0.2, 0) is 6.54 Å². The Hall–Kier alpha value is -1.33. The zero-order chi connectivity index (χ0) is 18.6. The third-order valence-corrected chi connectivity index (χ3v) is 5.49. The Labute approximate surface area is 152 Å². The highest BCUT2D eigenvalue weighted by Crippen LogP contribution is 2.27. The Kier molecular flexibility index (Phi) is 7.08. The van der Waals surface area contributed by atoms with Gasteiger partial charge in [0.2, 0.25) is 0 Å². The molecule has 5 heteroatoms. The molecular weight excluding hydrogens is 314 g/mol. The Morgan fingerprint density at radius 3 is 2.48 bits per heavy atom. The lowest BCUT2D eigenvalue weighted by Gasteiger charge is -2.24. The van der Waals surface area contributed by atoms with Gasteiger partial charge in [0.1, 0.15) is 11.5 Å². The lowest BCUT2D eigenvalue weighted by molar-refractivity contribution is 0.0779. The van der Waals surface area contributed by atoms with Gasteiger partial charge in [0.25, 0.3) is 5.91 Å². The van der Waals surface area contributed by atoms with Crippen molar-refractivity contribution in [3.8, 4) is 0 Å². The van der Waals surface area contributed by atoms with Crippen LogP contribution in [0.5, 0.6) is 0 Å². The maximum atomic E-state index is 13.1. The molecule has 25 heavy (non-hydrogen) atoms. The van der Waals surface area contributed by atoms with Gasteiger partial charge in [-0.3, -0.25) is 9.69 Å². The SMILES string of the molecule is CCC[C@@H]1CN(C(=O)c2cc(CN(CC)CC)oc2C)C[C@H]1N(C)C. The summed E-state index contributed by atoms with van der Waals surface area (Å²) in [5, 5.41) is 0. The van der Waals surface area contributed by atoms with Crippen LogP contribution in [0.15, 0.2) is 10.5 Å². The number of rotatable bonds is 8. The van der Waals surface area contributed by atoms with Gasteiger partial charge in [0.15, 0.2) is 0 Å². The first-order valence-electron chi connectivity index (χ1n) is 9.68. The van der Waals surface area contributed by atoms with Crippen LogP contribution in [0.4, 0.5) is 0 Å². The fraction of sp³-hybridized carbons (Fsp3) is 0.750. The number of hydrogen-bond acceptors (Lipinski definition) is 4. The van der Waals surface area contributed by atoms with Crippen molar-refractivity contribution in [3.63, 3.8) is 0 Å². The highest BCUT2D eigenvalue weighted by Gasteiger charge is 2.36. The molecule has 2 atom stereocenters. The number of likely N-dealkylation sites (tertiary alicyclic amines) is 1. The molecule has 1 aromatic heterocycles. The van der Waals surface area contributed by atoms with Gasteiger partial charge >= 0.3 is 0 Å². The average Bonchev–Trinajstić information content (AvgIpc) is 3.16. The van der Waals surface area contributed by atoms with Crippen LogP contribution in [-0.4, -0.2) is 66.9 Å². The molecule has 0 bridgehead atoms. The van der Waals surface area contributed by atoms with Gasteiger partial charge in [0.05, 0.1) is 12.1 Å². The Balaban J connectivity index is 2.11. The van der Waals surface area contributed by atoms with Crippen molar-refractivity contribution in [2.24, 2.45) is 5.92 Å². The first-order chi connectivity index (χ1) is 11.9. The van der Waals surface area contributed by atoms with E-state index in [4.69, 9.17) is 4.42 Å². The van der Waals surface area contributed by atoms with Crippen molar-refractivity contribution >= 4 is 5.91 Å². The second-order valence-corrected chi connectivity index (χ2v) is 7.43. The predicted molar refractivity (Wildman–Crippen MR) is 102 cm³/mol.